The molecule has 3 rings (SSSR count). The van der Waals surface area contributed by atoms with Gasteiger partial charge >= 0.3 is 0 Å². The summed E-state index contributed by atoms with van der Waals surface area (Å²) in [6.07, 6.45) is 2.49. The molecule has 0 amide bonds. The van der Waals surface area contributed by atoms with Gasteiger partial charge in [-0.25, -0.2) is 0 Å². The first-order valence-electron chi connectivity index (χ1n) is 7.60. The van der Waals surface area contributed by atoms with Gasteiger partial charge in [-0.3, -0.25) is 0 Å². The summed E-state index contributed by atoms with van der Waals surface area (Å²) in [7, 11) is -1.86. The molecule has 0 radical (unpaired) electrons. The molecule has 0 unspecified atom stereocenters. The summed E-state index contributed by atoms with van der Waals surface area (Å²) in [6.45, 7) is 11.3. The van der Waals surface area contributed by atoms with Gasteiger partial charge in [-0.05, 0) is 49.2 Å². The van der Waals surface area contributed by atoms with Gasteiger partial charge in [0.1, 0.15) is 11.5 Å². The number of halogens is 1. The Balaban J connectivity index is 2.04. The second-order valence-corrected chi connectivity index (χ2v) is 13.2. The molecule has 1 aliphatic rings. The lowest BCUT2D eigenvalue weighted by atomic mass is 10.2. The Bertz CT molecular complexity index is 678. The van der Waals surface area contributed by atoms with E-state index in [2.05, 4.69) is 61.9 Å². The first-order valence-corrected chi connectivity index (χ1v) is 11.3. The molecule has 0 bridgehead atoms. The van der Waals surface area contributed by atoms with Crippen molar-refractivity contribution in [2.75, 3.05) is 0 Å². The molecule has 1 fully saturated rings. The van der Waals surface area contributed by atoms with E-state index in [1.54, 1.807) is 0 Å². The number of rotatable bonds is 3. The van der Waals surface area contributed by atoms with E-state index in [0.29, 0.717) is 5.92 Å². The van der Waals surface area contributed by atoms with Crippen LogP contribution in [0.15, 0.2) is 27.1 Å². The van der Waals surface area contributed by atoms with Crippen LogP contribution in [0.4, 0.5) is 0 Å². The average Bonchev–Trinajstić information content (AvgIpc) is 3.10. The van der Waals surface area contributed by atoms with Gasteiger partial charge in [0, 0.05) is 15.8 Å². The van der Waals surface area contributed by atoms with Crippen LogP contribution >= 0.6 is 15.9 Å². The zero-order chi connectivity index (χ0) is 15.4. The lowest BCUT2D eigenvalue weighted by Crippen LogP contribution is -2.43. The van der Waals surface area contributed by atoms with Crippen molar-refractivity contribution in [1.82, 2.24) is 0 Å². The van der Waals surface area contributed by atoms with Gasteiger partial charge in [0.15, 0.2) is 5.58 Å². The van der Waals surface area contributed by atoms with Gasteiger partial charge < -0.3 is 8.84 Å². The highest BCUT2D eigenvalue weighted by Gasteiger charge is 2.39. The van der Waals surface area contributed by atoms with Crippen molar-refractivity contribution in [3.8, 4) is 5.75 Å². The quantitative estimate of drug-likeness (QED) is 0.581. The maximum atomic E-state index is 6.47. The van der Waals surface area contributed by atoms with Gasteiger partial charge in [-0.1, -0.05) is 36.7 Å². The standard InChI is InChI=1S/C17H23BrO2Si/c1-17(2,3)21(4,5)20-14-9-8-13(18)12-10-15(11-6-7-11)19-16(12)14/h8-11H,6-7H2,1-5H3. The van der Waals surface area contributed by atoms with Crippen molar-refractivity contribution in [2.45, 2.75) is 57.7 Å². The Hall–Kier alpha value is -0.743. The Morgan fingerprint density at radius 1 is 1.24 bits per heavy atom. The number of benzene rings is 1. The smallest absolute Gasteiger partial charge is 0.250 e. The topological polar surface area (TPSA) is 22.4 Å². The van der Waals surface area contributed by atoms with Gasteiger partial charge in [0.05, 0.1) is 0 Å². The summed E-state index contributed by atoms with van der Waals surface area (Å²) in [5, 5.41) is 1.31. The van der Waals surface area contributed by atoms with Gasteiger partial charge in [0.25, 0.3) is 8.32 Å². The van der Waals surface area contributed by atoms with Crippen molar-refractivity contribution in [3.05, 3.63) is 28.4 Å². The van der Waals surface area contributed by atoms with Crippen molar-refractivity contribution in [3.63, 3.8) is 0 Å². The van der Waals surface area contributed by atoms with Gasteiger partial charge in [-0.2, -0.15) is 0 Å². The molecule has 0 saturated heterocycles. The molecule has 21 heavy (non-hydrogen) atoms. The van der Waals surface area contributed by atoms with E-state index in [1.165, 1.54) is 12.8 Å². The largest absolute Gasteiger partial charge is 0.541 e. The Morgan fingerprint density at radius 2 is 1.90 bits per heavy atom. The van der Waals surface area contributed by atoms with E-state index in [4.69, 9.17) is 8.84 Å². The molecule has 1 saturated carbocycles. The number of hydrogen-bond donors (Lipinski definition) is 0. The van der Waals surface area contributed by atoms with E-state index in [0.717, 1.165) is 27.0 Å². The molecule has 0 spiro atoms. The van der Waals surface area contributed by atoms with E-state index in [-0.39, 0.29) is 5.04 Å². The molecule has 1 aromatic heterocycles. The van der Waals surface area contributed by atoms with Crippen LogP contribution in [0.3, 0.4) is 0 Å². The fraction of sp³-hybridized carbons (Fsp3) is 0.529. The molecule has 0 N–H and O–H groups in total. The van der Waals surface area contributed by atoms with Crippen molar-refractivity contribution < 1.29 is 8.84 Å². The highest BCUT2D eigenvalue weighted by molar-refractivity contribution is 9.10. The number of furan rings is 1. The van der Waals surface area contributed by atoms with Crippen LogP contribution in [0.2, 0.25) is 18.1 Å². The van der Waals surface area contributed by atoms with Crippen LogP contribution in [0.1, 0.15) is 45.3 Å². The minimum Gasteiger partial charge on any atom is -0.541 e. The SMILES string of the molecule is CC(C)(C)[Si](C)(C)Oc1ccc(Br)c2cc(C3CC3)oc12. The van der Waals surface area contributed by atoms with Crippen LogP contribution in [0, 0.1) is 0 Å². The third-order valence-electron chi connectivity index (χ3n) is 4.76. The third-order valence-corrected chi connectivity index (χ3v) is 9.80. The molecule has 114 valence electrons. The Morgan fingerprint density at radius 3 is 2.48 bits per heavy atom. The van der Waals surface area contributed by atoms with Crippen LogP contribution in [0.25, 0.3) is 11.0 Å². The molecule has 1 aromatic carbocycles. The maximum absolute atomic E-state index is 6.47. The second kappa shape index (κ2) is 4.88. The predicted octanol–water partition coefficient (Wildman–Crippen LogP) is 6.46. The lowest BCUT2D eigenvalue weighted by Gasteiger charge is -2.36. The number of hydrogen-bond acceptors (Lipinski definition) is 2. The number of fused-ring (bicyclic) bond motifs is 1. The first kappa shape index (κ1) is 15.2. The normalized spacial score (nSPS) is 16.5. The molecular weight excluding hydrogens is 344 g/mol. The maximum Gasteiger partial charge on any atom is 0.250 e. The summed E-state index contributed by atoms with van der Waals surface area (Å²) in [5.41, 5.74) is 0.899. The summed E-state index contributed by atoms with van der Waals surface area (Å²) in [4.78, 5) is 0. The monoisotopic (exact) mass is 366 g/mol. The van der Waals surface area contributed by atoms with Crippen LogP contribution in [-0.4, -0.2) is 8.32 Å². The third kappa shape index (κ3) is 2.80. The van der Waals surface area contributed by atoms with Crippen LogP contribution in [-0.2, 0) is 0 Å². The lowest BCUT2D eigenvalue weighted by molar-refractivity contribution is 0.476. The molecule has 4 heteroatoms. The van der Waals surface area contributed by atoms with Gasteiger partial charge in [0.2, 0.25) is 0 Å². The van der Waals surface area contributed by atoms with Crippen LogP contribution < -0.4 is 4.43 Å². The summed E-state index contributed by atoms with van der Waals surface area (Å²) in [6, 6.07) is 6.28. The molecule has 1 heterocycles. The fourth-order valence-corrected chi connectivity index (χ4v) is 3.61. The summed E-state index contributed by atoms with van der Waals surface area (Å²) < 4.78 is 13.7. The minimum atomic E-state index is -1.86. The molecular formula is C17H23BrO2Si. The second-order valence-electron chi connectivity index (χ2n) is 7.57. The predicted molar refractivity (Wildman–Crippen MR) is 93.7 cm³/mol. The fourth-order valence-electron chi connectivity index (χ4n) is 2.16. The van der Waals surface area contributed by atoms with Crippen molar-refractivity contribution in [1.29, 1.82) is 0 Å². The Labute approximate surface area is 136 Å². The highest BCUT2D eigenvalue weighted by atomic mass is 79.9. The van der Waals surface area contributed by atoms with Crippen molar-refractivity contribution in [2.24, 2.45) is 0 Å². The summed E-state index contributed by atoms with van der Waals surface area (Å²) in [5.74, 6) is 2.62. The van der Waals surface area contributed by atoms with Gasteiger partial charge in [-0.15, -0.1) is 0 Å². The zero-order valence-corrected chi connectivity index (χ0v) is 16.0. The average molecular weight is 367 g/mol. The van der Waals surface area contributed by atoms with E-state index in [9.17, 15) is 0 Å². The Kier molecular flexibility index (Phi) is 3.53. The van der Waals surface area contributed by atoms with E-state index < -0.39 is 8.32 Å². The van der Waals surface area contributed by atoms with Crippen LogP contribution in [0.5, 0.6) is 5.75 Å². The van der Waals surface area contributed by atoms with E-state index in [1.807, 2.05) is 6.07 Å². The zero-order valence-electron chi connectivity index (χ0n) is 13.4. The van der Waals surface area contributed by atoms with E-state index >= 15 is 0 Å². The molecule has 2 aromatic rings. The molecule has 2 nitrogen and oxygen atoms in total. The minimum absolute atomic E-state index is 0.179. The molecule has 0 atom stereocenters. The van der Waals surface area contributed by atoms with Crippen molar-refractivity contribution >= 4 is 35.2 Å². The molecule has 0 aliphatic heterocycles. The highest BCUT2D eigenvalue weighted by Crippen LogP contribution is 2.46. The summed E-state index contributed by atoms with van der Waals surface area (Å²) >= 11 is 3.63. The first-order chi connectivity index (χ1) is 9.69. The molecule has 1 aliphatic carbocycles.